The molecule has 0 atom stereocenters. The lowest BCUT2D eigenvalue weighted by Crippen LogP contribution is -2.24. The number of amides is 1. The first-order valence-corrected chi connectivity index (χ1v) is 7.76. The number of carbonyl (C=O) groups excluding carboxylic acids is 1. The fourth-order valence-electron chi connectivity index (χ4n) is 2.11. The first-order valence-electron chi connectivity index (χ1n) is 6.53. The quantitative estimate of drug-likeness (QED) is 0.662. The van der Waals surface area contributed by atoms with E-state index in [9.17, 15) is 4.79 Å². The highest BCUT2D eigenvalue weighted by atomic mass is 32.2. The monoisotopic (exact) mass is 303 g/mol. The maximum atomic E-state index is 11.6. The van der Waals surface area contributed by atoms with Gasteiger partial charge in [-0.05, 0) is 32.1 Å². The van der Waals surface area contributed by atoms with E-state index in [0.29, 0.717) is 23.8 Å². The standard InChI is InChI=1S/C14H17N5OS/c1-5-8-15-12(20)7-6-11-9(2)16-13-17-14(21-4)18-19(13)10(11)3/h1H,6-8H2,2-4H3,(H,15,20). The SMILES string of the molecule is C#CCNC(=O)CCc1c(C)nc2nc(SC)nn2c1C. The van der Waals surface area contributed by atoms with Crippen molar-refractivity contribution in [3.63, 3.8) is 0 Å². The number of aryl methyl sites for hydroxylation is 2. The average molecular weight is 303 g/mol. The molecule has 0 fully saturated rings. The lowest BCUT2D eigenvalue weighted by atomic mass is 10.1. The fourth-order valence-corrected chi connectivity index (χ4v) is 2.45. The molecule has 0 radical (unpaired) electrons. The second kappa shape index (κ2) is 6.59. The van der Waals surface area contributed by atoms with Crippen LogP contribution in [-0.2, 0) is 11.2 Å². The molecule has 6 nitrogen and oxygen atoms in total. The Morgan fingerprint density at radius 1 is 1.43 bits per heavy atom. The van der Waals surface area contributed by atoms with Crippen molar-refractivity contribution >= 4 is 23.4 Å². The number of carbonyl (C=O) groups is 1. The van der Waals surface area contributed by atoms with Crippen molar-refractivity contribution in [3.05, 3.63) is 17.0 Å². The van der Waals surface area contributed by atoms with E-state index in [1.54, 1.807) is 4.52 Å². The van der Waals surface area contributed by atoms with Gasteiger partial charge in [-0.15, -0.1) is 11.5 Å². The van der Waals surface area contributed by atoms with Crippen LogP contribution in [0.25, 0.3) is 5.78 Å². The van der Waals surface area contributed by atoms with Crippen LogP contribution in [0, 0.1) is 26.2 Å². The van der Waals surface area contributed by atoms with E-state index in [1.807, 2.05) is 20.1 Å². The van der Waals surface area contributed by atoms with E-state index < -0.39 is 0 Å². The van der Waals surface area contributed by atoms with Crippen LogP contribution in [0.1, 0.15) is 23.4 Å². The third kappa shape index (κ3) is 3.34. The zero-order valence-corrected chi connectivity index (χ0v) is 13.1. The summed E-state index contributed by atoms with van der Waals surface area (Å²) in [6, 6.07) is 0. The maximum Gasteiger partial charge on any atom is 0.253 e. The van der Waals surface area contributed by atoms with Crippen LogP contribution in [0.4, 0.5) is 0 Å². The Kier molecular flexibility index (Phi) is 4.81. The molecular formula is C14H17N5OS. The van der Waals surface area contributed by atoms with Gasteiger partial charge in [-0.25, -0.2) is 9.50 Å². The van der Waals surface area contributed by atoms with Crippen LogP contribution in [0.3, 0.4) is 0 Å². The molecule has 0 aliphatic heterocycles. The van der Waals surface area contributed by atoms with Gasteiger partial charge >= 0.3 is 0 Å². The molecule has 110 valence electrons. The summed E-state index contributed by atoms with van der Waals surface area (Å²) in [7, 11) is 0. The third-order valence-electron chi connectivity index (χ3n) is 3.20. The molecular weight excluding hydrogens is 286 g/mol. The van der Waals surface area contributed by atoms with Crippen molar-refractivity contribution in [2.24, 2.45) is 0 Å². The molecule has 0 aromatic carbocycles. The van der Waals surface area contributed by atoms with Crippen molar-refractivity contribution in [3.8, 4) is 12.3 Å². The highest BCUT2D eigenvalue weighted by molar-refractivity contribution is 7.98. The van der Waals surface area contributed by atoms with Gasteiger partial charge in [0.25, 0.3) is 5.78 Å². The molecule has 1 N–H and O–H groups in total. The number of thioether (sulfide) groups is 1. The third-order valence-corrected chi connectivity index (χ3v) is 3.74. The molecule has 2 rings (SSSR count). The second-order valence-corrected chi connectivity index (χ2v) is 5.33. The number of terminal acetylenes is 1. The van der Waals surface area contributed by atoms with E-state index >= 15 is 0 Å². The second-order valence-electron chi connectivity index (χ2n) is 4.55. The van der Waals surface area contributed by atoms with Crippen LogP contribution in [-0.4, -0.2) is 38.3 Å². The molecule has 7 heteroatoms. The van der Waals surface area contributed by atoms with Crippen LogP contribution in [0.5, 0.6) is 0 Å². The molecule has 0 bridgehead atoms. The van der Waals surface area contributed by atoms with Gasteiger partial charge in [-0.3, -0.25) is 4.79 Å². The largest absolute Gasteiger partial charge is 0.345 e. The number of fused-ring (bicyclic) bond motifs is 1. The molecule has 21 heavy (non-hydrogen) atoms. The Bertz CT molecular complexity index is 716. The topological polar surface area (TPSA) is 72.2 Å². The van der Waals surface area contributed by atoms with Gasteiger partial charge in [0.1, 0.15) is 0 Å². The zero-order chi connectivity index (χ0) is 15.4. The maximum absolute atomic E-state index is 11.6. The minimum absolute atomic E-state index is 0.0600. The zero-order valence-electron chi connectivity index (χ0n) is 12.3. The van der Waals surface area contributed by atoms with Gasteiger partial charge in [0, 0.05) is 17.8 Å². The van der Waals surface area contributed by atoms with Crippen molar-refractivity contribution in [1.82, 2.24) is 24.9 Å². The smallest absolute Gasteiger partial charge is 0.253 e. The number of rotatable bonds is 5. The molecule has 0 spiro atoms. The minimum Gasteiger partial charge on any atom is -0.345 e. The van der Waals surface area contributed by atoms with Crippen molar-refractivity contribution in [2.45, 2.75) is 31.8 Å². The first-order chi connectivity index (χ1) is 10.1. The lowest BCUT2D eigenvalue weighted by molar-refractivity contribution is -0.120. The summed E-state index contributed by atoms with van der Waals surface area (Å²) in [5.74, 6) is 2.92. The summed E-state index contributed by atoms with van der Waals surface area (Å²) < 4.78 is 1.73. The first kappa shape index (κ1) is 15.3. The Hall–Kier alpha value is -2.07. The number of aromatic nitrogens is 4. The highest BCUT2D eigenvalue weighted by Crippen LogP contribution is 2.17. The predicted octanol–water partition coefficient (Wildman–Crippen LogP) is 1.15. The Labute approximate surface area is 127 Å². The van der Waals surface area contributed by atoms with E-state index in [2.05, 4.69) is 26.3 Å². The summed E-state index contributed by atoms with van der Waals surface area (Å²) >= 11 is 1.48. The van der Waals surface area contributed by atoms with Crippen LogP contribution in [0.2, 0.25) is 0 Å². The molecule has 2 aromatic heterocycles. The summed E-state index contributed by atoms with van der Waals surface area (Å²) in [4.78, 5) is 20.4. The van der Waals surface area contributed by atoms with Crippen LogP contribution in [0.15, 0.2) is 5.16 Å². The van der Waals surface area contributed by atoms with E-state index in [-0.39, 0.29) is 12.5 Å². The van der Waals surface area contributed by atoms with Gasteiger partial charge in [0.2, 0.25) is 11.1 Å². The van der Waals surface area contributed by atoms with Crippen molar-refractivity contribution in [2.75, 3.05) is 12.8 Å². The molecule has 0 saturated carbocycles. The highest BCUT2D eigenvalue weighted by Gasteiger charge is 2.14. The lowest BCUT2D eigenvalue weighted by Gasteiger charge is -2.09. The van der Waals surface area contributed by atoms with Gasteiger partial charge in [-0.2, -0.15) is 4.98 Å². The van der Waals surface area contributed by atoms with Gasteiger partial charge in [0.05, 0.1) is 6.54 Å². The fraction of sp³-hybridized carbons (Fsp3) is 0.429. The number of hydrogen-bond donors (Lipinski definition) is 1. The predicted molar refractivity (Wildman–Crippen MR) is 82.2 cm³/mol. The number of nitrogens with zero attached hydrogens (tertiary/aromatic N) is 4. The Balaban J connectivity index is 2.23. The molecule has 0 saturated heterocycles. The van der Waals surface area contributed by atoms with Gasteiger partial charge < -0.3 is 5.32 Å². The van der Waals surface area contributed by atoms with E-state index in [1.165, 1.54) is 11.8 Å². The molecule has 0 aliphatic rings. The molecule has 1 amide bonds. The summed E-state index contributed by atoms with van der Waals surface area (Å²) in [6.45, 7) is 4.15. The molecule has 0 unspecified atom stereocenters. The Morgan fingerprint density at radius 3 is 2.86 bits per heavy atom. The van der Waals surface area contributed by atoms with Crippen LogP contribution >= 0.6 is 11.8 Å². The summed E-state index contributed by atoms with van der Waals surface area (Å²) in [6.07, 6.45) is 8.02. The van der Waals surface area contributed by atoms with Crippen LogP contribution < -0.4 is 5.32 Å². The number of hydrogen-bond acceptors (Lipinski definition) is 5. The average Bonchev–Trinajstić information content (AvgIpc) is 2.88. The summed E-state index contributed by atoms with van der Waals surface area (Å²) in [5, 5.41) is 7.74. The molecule has 2 aromatic rings. The van der Waals surface area contributed by atoms with E-state index in [4.69, 9.17) is 6.42 Å². The number of nitrogens with one attached hydrogen (secondary N) is 1. The van der Waals surface area contributed by atoms with E-state index in [0.717, 1.165) is 17.0 Å². The minimum atomic E-state index is -0.0600. The molecule has 0 aliphatic carbocycles. The Morgan fingerprint density at radius 2 is 2.19 bits per heavy atom. The normalized spacial score (nSPS) is 10.6. The van der Waals surface area contributed by atoms with Gasteiger partial charge in [-0.1, -0.05) is 17.7 Å². The van der Waals surface area contributed by atoms with Gasteiger partial charge in [0.15, 0.2) is 0 Å². The molecule has 2 heterocycles. The van der Waals surface area contributed by atoms with Crippen molar-refractivity contribution in [1.29, 1.82) is 0 Å². The van der Waals surface area contributed by atoms with Crippen molar-refractivity contribution < 1.29 is 4.79 Å². The summed E-state index contributed by atoms with van der Waals surface area (Å²) in [5.41, 5.74) is 2.87.